The van der Waals surface area contributed by atoms with E-state index in [1.54, 1.807) is 17.8 Å². The zero-order valence-electron chi connectivity index (χ0n) is 11.3. The summed E-state index contributed by atoms with van der Waals surface area (Å²) in [7, 11) is 1.77. The van der Waals surface area contributed by atoms with Crippen molar-refractivity contribution >= 4 is 46.7 Å². The number of hydrogen-bond acceptors (Lipinski definition) is 3. The molecule has 0 aliphatic carbocycles. The maximum atomic E-state index is 14.2. The number of benzene rings is 1. The van der Waals surface area contributed by atoms with Gasteiger partial charge in [-0.2, -0.15) is 5.10 Å². The van der Waals surface area contributed by atoms with Crippen LogP contribution in [0.3, 0.4) is 0 Å². The summed E-state index contributed by atoms with van der Waals surface area (Å²) in [6.07, 6.45) is 7.13. The van der Waals surface area contributed by atoms with Crippen LogP contribution >= 0.6 is 46.7 Å². The molecule has 110 valence electrons. The van der Waals surface area contributed by atoms with Gasteiger partial charge in [-0.15, -0.1) is 29.9 Å². The Morgan fingerprint density at radius 3 is 2.71 bits per heavy atom. The second-order valence-electron chi connectivity index (χ2n) is 4.05. The molecule has 21 heavy (non-hydrogen) atoms. The van der Waals surface area contributed by atoms with Crippen LogP contribution < -0.4 is 0 Å². The van der Waals surface area contributed by atoms with Crippen LogP contribution in [0.2, 0.25) is 10.0 Å². The molecule has 0 radical (unpaired) electrons. The fraction of sp³-hybridized carbons (Fsp3) is 0.214. The smallest absolute Gasteiger partial charge is 0.134 e. The highest BCUT2D eigenvalue weighted by Crippen LogP contribution is 2.39. The van der Waals surface area contributed by atoms with Crippen molar-refractivity contribution in [3.8, 4) is 23.6 Å². The zero-order valence-corrected chi connectivity index (χ0v) is 14.4. The van der Waals surface area contributed by atoms with Gasteiger partial charge in [0.05, 0.1) is 10.8 Å². The van der Waals surface area contributed by atoms with E-state index in [9.17, 15) is 4.39 Å². The lowest BCUT2D eigenvalue weighted by atomic mass is 10.1. The van der Waals surface area contributed by atoms with Crippen molar-refractivity contribution < 1.29 is 4.39 Å². The standard InChI is InChI=1S/C14H11Cl2FN2S2/c1-4-5-21-11-6-8(10(17)7-9(11)15)13-12(16)14(20-3)19(2)18-13/h1,6-7H,5H2,2-3H3. The van der Waals surface area contributed by atoms with Crippen LogP contribution in [0.4, 0.5) is 4.39 Å². The quantitative estimate of drug-likeness (QED) is 0.565. The first-order valence-corrected chi connectivity index (χ1v) is 8.78. The van der Waals surface area contributed by atoms with Gasteiger partial charge >= 0.3 is 0 Å². The highest BCUT2D eigenvalue weighted by atomic mass is 35.5. The molecule has 0 saturated carbocycles. The Morgan fingerprint density at radius 1 is 1.43 bits per heavy atom. The van der Waals surface area contributed by atoms with Crippen LogP contribution in [0.1, 0.15) is 0 Å². The summed E-state index contributed by atoms with van der Waals surface area (Å²) >= 11 is 15.1. The first-order chi connectivity index (χ1) is 9.99. The van der Waals surface area contributed by atoms with Crippen molar-refractivity contribution in [3.05, 3.63) is 28.0 Å². The van der Waals surface area contributed by atoms with Gasteiger partial charge in [-0.1, -0.05) is 29.1 Å². The molecule has 7 heteroatoms. The highest BCUT2D eigenvalue weighted by Gasteiger charge is 2.20. The lowest BCUT2D eigenvalue weighted by Gasteiger charge is -2.06. The summed E-state index contributed by atoms with van der Waals surface area (Å²) < 4.78 is 15.8. The highest BCUT2D eigenvalue weighted by molar-refractivity contribution is 7.99. The monoisotopic (exact) mass is 360 g/mol. The van der Waals surface area contributed by atoms with Crippen molar-refractivity contribution in [1.29, 1.82) is 0 Å². The molecule has 0 amide bonds. The van der Waals surface area contributed by atoms with Crippen LogP contribution in [-0.4, -0.2) is 21.8 Å². The van der Waals surface area contributed by atoms with E-state index in [0.29, 0.717) is 32.0 Å². The summed E-state index contributed by atoms with van der Waals surface area (Å²) in [6, 6.07) is 2.90. The number of aromatic nitrogens is 2. The Kier molecular flexibility index (Phi) is 5.50. The molecule has 1 heterocycles. The van der Waals surface area contributed by atoms with Crippen LogP contribution in [0.15, 0.2) is 22.1 Å². The molecular weight excluding hydrogens is 350 g/mol. The van der Waals surface area contributed by atoms with Gasteiger partial charge < -0.3 is 0 Å². The van der Waals surface area contributed by atoms with Crippen molar-refractivity contribution in [1.82, 2.24) is 9.78 Å². The van der Waals surface area contributed by atoms with Crippen LogP contribution in [-0.2, 0) is 7.05 Å². The Hall–Kier alpha value is -0.800. The van der Waals surface area contributed by atoms with Gasteiger partial charge in [-0.05, 0) is 18.4 Å². The van der Waals surface area contributed by atoms with Gasteiger partial charge in [0, 0.05) is 17.5 Å². The van der Waals surface area contributed by atoms with Crippen LogP contribution in [0.5, 0.6) is 0 Å². The lowest BCUT2D eigenvalue weighted by molar-refractivity contribution is 0.628. The molecular formula is C14H11Cl2FN2S2. The topological polar surface area (TPSA) is 17.8 Å². The minimum absolute atomic E-state index is 0.319. The van der Waals surface area contributed by atoms with E-state index in [1.165, 1.54) is 29.6 Å². The number of halogens is 3. The van der Waals surface area contributed by atoms with Gasteiger partial charge in [-0.25, -0.2) is 4.39 Å². The Bertz CT molecular complexity index is 723. The van der Waals surface area contributed by atoms with E-state index in [-0.39, 0.29) is 0 Å². The molecule has 2 aromatic rings. The molecule has 0 aliphatic rings. The molecule has 0 aliphatic heterocycles. The number of aryl methyl sites for hydroxylation is 1. The predicted molar refractivity (Wildman–Crippen MR) is 90.0 cm³/mol. The Balaban J connectivity index is 2.56. The SMILES string of the molecule is C#CCSc1cc(-c2nn(C)c(SC)c2Cl)c(F)cc1Cl. The summed E-state index contributed by atoms with van der Waals surface area (Å²) in [6.45, 7) is 0. The summed E-state index contributed by atoms with van der Waals surface area (Å²) in [4.78, 5) is 0.707. The average molecular weight is 361 g/mol. The van der Waals surface area contributed by atoms with Crippen LogP contribution in [0, 0.1) is 18.2 Å². The number of terminal acetylenes is 1. The maximum Gasteiger partial charge on any atom is 0.134 e. The molecule has 2 nitrogen and oxygen atoms in total. The summed E-state index contributed by atoms with van der Waals surface area (Å²) in [5.74, 6) is 2.51. The second-order valence-corrected chi connectivity index (χ2v) is 6.65. The fourth-order valence-corrected chi connectivity index (χ4v) is 3.84. The van der Waals surface area contributed by atoms with Crippen LogP contribution in [0.25, 0.3) is 11.3 Å². The minimum Gasteiger partial charge on any atom is -0.260 e. The van der Waals surface area contributed by atoms with E-state index >= 15 is 0 Å². The average Bonchev–Trinajstić information content (AvgIpc) is 2.72. The molecule has 0 atom stereocenters. The first-order valence-electron chi connectivity index (χ1n) is 5.81. The first kappa shape index (κ1) is 16.6. The molecule has 1 aromatic carbocycles. The van der Waals surface area contributed by atoms with Crippen molar-refractivity contribution in [2.24, 2.45) is 7.05 Å². The minimum atomic E-state index is -0.460. The van der Waals surface area contributed by atoms with E-state index < -0.39 is 5.82 Å². The summed E-state index contributed by atoms with van der Waals surface area (Å²) in [5, 5.41) is 5.83. The maximum absolute atomic E-state index is 14.2. The predicted octanol–water partition coefficient (Wildman–Crippen LogP) is 4.98. The third-order valence-electron chi connectivity index (χ3n) is 2.72. The third-order valence-corrected chi connectivity index (χ3v) is 5.43. The third kappa shape index (κ3) is 3.35. The lowest BCUT2D eigenvalue weighted by Crippen LogP contribution is -1.93. The number of hydrogen-bond donors (Lipinski definition) is 0. The largest absolute Gasteiger partial charge is 0.260 e. The molecule has 0 N–H and O–H groups in total. The molecule has 0 fully saturated rings. The summed E-state index contributed by atoms with van der Waals surface area (Å²) in [5.41, 5.74) is 0.722. The molecule has 0 bridgehead atoms. The van der Waals surface area contributed by atoms with Gasteiger partial charge in [0.15, 0.2) is 0 Å². The Morgan fingerprint density at radius 2 is 2.14 bits per heavy atom. The van der Waals surface area contributed by atoms with Crippen molar-refractivity contribution in [2.75, 3.05) is 12.0 Å². The van der Waals surface area contributed by atoms with E-state index in [4.69, 9.17) is 29.6 Å². The van der Waals surface area contributed by atoms with Gasteiger partial charge in [0.2, 0.25) is 0 Å². The van der Waals surface area contributed by atoms with Crippen molar-refractivity contribution in [2.45, 2.75) is 9.92 Å². The molecule has 0 spiro atoms. The van der Waals surface area contributed by atoms with E-state index in [1.807, 2.05) is 6.26 Å². The molecule has 1 aromatic heterocycles. The fourth-order valence-electron chi connectivity index (χ4n) is 1.82. The second kappa shape index (κ2) is 6.97. The van der Waals surface area contributed by atoms with Gasteiger partial charge in [0.25, 0.3) is 0 Å². The Labute approximate surface area is 141 Å². The van der Waals surface area contributed by atoms with Gasteiger partial charge in [-0.3, -0.25) is 4.68 Å². The molecule has 2 rings (SSSR count). The normalized spacial score (nSPS) is 10.7. The number of rotatable bonds is 4. The number of thioether (sulfide) groups is 2. The molecule has 0 saturated heterocycles. The van der Waals surface area contributed by atoms with E-state index in [2.05, 4.69) is 11.0 Å². The van der Waals surface area contributed by atoms with Gasteiger partial charge in [0.1, 0.15) is 21.6 Å². The zero-order chi connectivity index (χ0) is 15.6. The number of nitrogens with zero attached hydrogens (tertiary/aromatic N) is 2. The van der Waals surface area contributed by atoms with E-state index in [0.717, 1.165) is 5.03 Å². The van der Waals surface area contributed by atoms with Crippen molar-refractivity contribution in [3.63, 3.8) is 0 Å². The molecule has 0 unspecified atom stereocenters.